The fourth-order valence-electron chi connectivity index (χ4n) is 1.27. The van der Waals surface area contributed by atoms with Crippen molar-refractivity contribution in [2.45, 2.75) is 13.5 Å². The average molecular weight is 266 g/mol. The molecule has 6 nitrogen and oxygen atoms in total. The molecule has 1 aromatic carbocycles. The zero-order chi connectivity index (χ0) is 14.1. The highest BCUT2D eigenvalue weighted by Gasteiger charge is 2.03. The van der Waals surface area contributed by atoms with Crippen molar-refractivity contribution in [3.63, 3.8) is 0 Å². The molecule has 104 valence electrons. The molecular weight excluding hydrogens is 248 g/mol. The lowest BCUT2D eigenvalue weighted by Gasteiger charge is -2.07. The van der Waals surface area contributed by atoms with Crippen LogP contribution in [0, 0.1) is 0 Å². The quantitative estimate of drug-likeness (QED) is 0.603. The van der Waals surface area contributed by atoms with Gasteiger partial charge in [-0.3, -0.25) is 10.1 Å². The molecule has 0 saturated heterocycles. The summed E-state index contributed by atoms with van der Waals surface area (Å²) in [5.74, 6) is -0.324. The van der Waals surface area contributed by atoms with Gasteiger partial charge in [0.1, 0.15) is 13.2 Å². The second kappa shape index (κ2) is 8.10. The van der Waals surface area contributed by atoms with Gasteiger partial charge in [-0.1, -0.05) is 12.1 Å². The highest BCUT2D eigenvalue weighted by molar-refractivity contribution is 5.84. The molecule has 0 bridgehead atoms. The first-order chi connectivity index (χ1) is 9.11. The Labute approximate surface area is 112 Å². The number of amides is 1. The summed E-state index contributed by atoms with van der Waals surface area (Å²) < 4.78 is 9.77. The molecule has 2 N–H and O–H groups in total. The molecular formula is C13H18N2O4. The van der Waals surface area contributed by atoms with Crippen LogP contribution in [0.2, 0.25) is 0 Å². The Hall–Kier alpha value is -2.08. The van der Waals surface area contributed by atoms with E-state index in [2.05, 4.69) is 10.6 Å². The summed E-state index contributed by atoms with van der Waals surface area (Å²) in [5.41, 5.74) is 1.48. The number of carbonyl (C=O) groups is 2. The normalized spacial score (nSPS) is 9.79. The minimum atomic E-state index is -0.497. The second-order valence-electron chi connectivity index (χ2n) is 3.84. The third-order valence-electron chi connectivity index (χ3n) is 2.23. The van der Waals surface area contributed by atoms with Gasteiger partial charge >= 0.3 is 12.1 Å². The van der Waals surface area contributed by atoms with Crippen LogP contribution in [-0.4, -0.2) is 32.3 Å². The molecule has 0 aromatic heterocycles. The number of ether oxygens (including phenoxy) is 2. The number of esters is 1. The summed E-state index contributed by atoms with van der Waals surface area (Å²) in [4.78, 5) is 22.0. The van der Waals surface area contributed by atoms with Crippen molar-refractivity contribution in [1.29, 1.82) is 0 Å². The van der Waals surface area contributed by atoms with Gasteiger partial charge in [0.2, 0.25) is 0 Å². The Morgan fingerprint density at radius 2 is 1.84 bits per heavy atom. The maximum atomic E-state index is 11.4. The summed E-state index contributed by atoms with van der Waals surface area (Å²) in [6.07, 6.45) is -0.497. The Morgan fingerprint density at radius 3 is 2.42 bits per heavy atom. The molecule has 0 saturated carbocycles. The molecule has 0 heterocycles. The molecule has 0 unspecified atom stereocenters. The number of hydrogen-bond donors (Lipinski definition) is 2. The van der Waals surface area contributed by atoms with Crippen LogP contribution in [0.4, 0.5) is 10.5 Å². The van der Waals surface area contributed by atoms with Crippen molar-refractivity contribution in [1.82, 2.24) is 5.32 Å². The number of likely N-dealkylation sites (N-methyl/N-ethyl adjacent to an activating group) is 1. The van der Waals surface area contributed by atoms with E-state index in [4.69, 9.17) is 9.47 Å². The van der Waals surface area contributed by atoms with Crippen molar-refractivity contribution in [3.05, 3.63) is 29.8 Å². The highest BCUT2D eigenvalue weighted by Crippen LogP contribution is 2.10. The predicted octanol–water partition coefficient (Wildman–Crippen LogP) is 1.52. The fourth-order valence-corrected chi connectivity index (χ4v) is 1.27. The van der Waals surface area contributed by atoms with Gasteiger partial charge in [0.25, 0.3) is 0 Å². The summed E-state index contributed by atoms with van der Waals surface area (Å²) >= 11 is 0. The molecule has 0 aliphatic rings. The molecule has 6 heteroatoms. The van der Waals surface area contributed by atoms with E-state index in [0.29, 0.717) is 18.8 Å². The van der Waals surface area contributed by atoms with Crippen LogP contribution in [0.1, 0.15) is 12.5 Å². The molecule has 19 heavy (non-hydrogen) atoms. The first-order valence-electron chi connectivity index (χ1n) is 5.92. The minimum absolute atomic E-state index is 0.224. The monoisotopic (exact) mass is 266 g/mol. The first-order valence-corrected chi connectivity index (χ1v) is 5.92. The van der Waals surface area contributed by atoms with Crippen molar-refractivity contribution >= 4 is 17.7 Å². The molecule has 0 radical (unpaired) electrons. The van der Waals surface area contributed by atoms with E-state index in [1.165, 1.54) is 6.92 Å². The zero-order valence-electron chi connectivity index (χ0n) is 11.1. The smallest absolute Gasteiger partial charge is 0.411 e. The lowest BCUT2D eigenvalue weighted by Crippen LogP contribution is -2.20. The molecule has 0 spiro atoms. The van der Waals surface area contributed by atoms with Crippen LogP contribution in [0.25, 0.3) is 0 Å². The lowest BCUT2D eigenvalue weighted by molar-refractivity contribution is -0.142. The first kappa shape index (κ1) is 15.0. The number of nitrogens with one attached hydrogen (secondary N) is 2. The van der Waals surface area contributed by atoms with Gasteiger partial charge in [0.15, 0.2) is 0 Å². The van der Waals surface area contributed by atoms with E-state index in [-0.39, 0.29) is 12.6 Å². The number of rotatable bonds is 6. The SMILES string of the molecule is CNCCOC(=O)Nc1ccc(COC(C)=O)cc1. The van der Waals surface area contributed by atoms with E-state index < -0.39 is 6.09 Å². The van der Waals surface area contributed by atoms with E-state index in [0.717, 1.165) is 5.56 Å². The van der Waals surface area contributed by atoms with Crippen molar-refractivity contribution in [2.75, 3.05) is 25.5 Å². The van der Waals surface area contributed by atoms with Gasteiger partial charge in [-0.2, -0.15) is 0 Å². The van der Waals surface area contributed by atoms with E-state index in [1.54, 1.807) is 31.3 Å². The number of benzene rings is 1. The second-order valence-corrected chi connectivity index (χ2v) is 3.84. The summed E-state index contributed by atoms with van der Waals surface area (Å²) in [6.45, 7) is 2.50. The van der Waals surface area contributed by atoms with Gasteiger partial charge in [-0.05, 0) is 24.7 Å². The molecule has 1 aromatic rings. The van der Waals surface area contributed by atoms with Gasteiger partial charge in [0, 0.05) is 19.2 Å². The van der Waals surface area contributed by atoms with E-state index >= 15 is 0 Å². The van der Waals surface area contributed by atoms with Crippen molar-refractivity contribution in [2.24, 2.45) is 0 Å². The molecule has 1 rings (SSSR count). The van der Waals surface area contributed by atoms with Crippen LogP contribution in [0.3, 0.4) is 0 Å². The van der Waals surface area contributed by atoms with Crippen LogP contribution in [-0.2, 0) is 20.9 Å². The Balaban J connectivity index is 2.39. The summed E-state index contributed by atoms with van der Waals surface area (Å²) in [5, 5.41) is 5.47. The minimum Gasteiger partial charge on any atom is -0.461 e. The maximum absolute atomic E-state index is 11.4. The number of carbonyl (C=O) groups excluding carboxylic acids is 2. The number of anilines is 1. The van der Waals surface area contributed by atoms with Crippen LogP contribution in [0.5, 0.6) is 0 Å². The molecule has 0 fully saturated rings. The van der Waals surface area contributed by atoms with E-state index in [9.17, 15) is 9.59 Å². The topological polar surface area (TPSA) is 76.7 Å². The average Bonchev–Trinajstić information content (AvgIpc) is 2.38. The standard InChI is InChI=1S/C13H18N2O4/c1-10(16)19-9-11-3-5-12(6-4-11)15-13(17)18-8-7-14-2/h3-6,14H,7-9H2,1-2H3,(H,15,17). The third-order valence-corrected chi connectivity index (χ3v) is 2.23. The lowest BCUT2D eigenvalue weighted by atomic mass is 10.2. The predicted molar refractivity (Wildman–Crippen MR) is 70.8 cm³/mol. The number of hydrogen-bond acceptors (Lipinski definition) is 5. The van der Waals surface area contributed by atoms with Gasteiger partial charge in [-0.25, -0.2) is 4.79 Å². The summed E-state index contributed by atoms with van der Waals surface area (Å²) in [6, 6.07) is 6.98. The van der Waals surface area contributed by atoms with Crippen molar-refractivity contribution in [3.8, 4) is 0 Å². The van der Waals surface area contributed by atoms with Crippen LogP contribution >= 0.6 is 0 Å². The molecule has 0 aliphatic heterocycles. The third kappa shape index (κ3) is 6.42. The van der Waals surface area contributed by atoms with E-state index in [1.807, 2.05) is 0 Å². The van der Waals surface area contributed by atoms with Gasteiger partial charge in [-0.15, -0.1) is 0 Å². The van der Waals surface area contributed by atoms with Gasteiger partial charge < -0.3 is 14.8 Å². The largest absolute Gasteiger partial charge is 0.461 e. The molecule has 0 aliphatic carbocycles. The van der Waals surface area contributed by atoms with Gasteiger partial charge in [0.05, 0.1) is 0 Å². The Kier molecular flexibility index (Phi) is 6.38. The highest BCUT2D eigenvalue weighted by atomic mass is 16.5. The maximum Gasteiger partial charge on any atom is 0.411 e. The fraction of sp³-hybridized carbons (Fsp3) is 0.385. The molecule has 1 amide bonds. The van der Waals surface area contributed by atoms with Crippen LogP contribution < -0.4 is 10.6 Å². The van der Waals surface area contributed by atoms with Crippen molar-refractivity contribution < 1.29 is 19.1 Å². The van der Waals surface area contributed by atoms with Crippen LogP contribution in [0.15, 0.2) is 24.3 Å². The summed E-state index contributed by atoms with van der Waals surface area (Å²) in [7, 11) is 1.78. The molecule has 0 atom stereocenters. The Bertz CT molecular complexity index is 417. The zero-order valence-corrected chi connectivity index (χ0v) is 11.1. The Morgan fingerprint density at radius 1 is 1.16 bits per heavy atom.